The average Bonchev–Trinajstić information content (AvgIpc) is 2.50. The van der Waals surface area contributed by atoms with Gasteiger partial charge in [-0.2, -0.15) is 0 Å². The molecule has 20 heavy (non-hydrogen) atoms. The molecule has 0 saturated heterocycles. The monoisotopic (exact) mass is 276 g/mol. The Morgan fingerprint density at radius 2 is 1.40 bits per heavy atom. The first kappa shape index (κ1) is 17.2. The Labute approximate surface area is 125 Å². The average molecular weight is 276 g/mol. The van der Waals surface area contributed by atoms with Crippen molar-refractivity contribution >= 4 is 0 Å². The molecule has 1 rings (SSSR count). The van der Waals surface area contributed by atoms with Gasteiger partial charge >= 0.3 is 0 Å². The Morgan fingerprint density at radius 1 is 0.850 bits per heavy atom. The summed E-state index contributed by atoms with van der Waals surface area (Å²) in [5.74, 6) is 0.642. The number of benzene rings is 1. The van der Waals surface area contributed by atoms with Gasteiger partial charge in [-0.25, -0.2) is 0 Å². The molecule has 0 aromatic heterocycles. The van der Waals surface area contributed by atoms with Crippen LogP contribution in [-0.4, -0.2) is 5.11 Å². The minimum Gasteiger partial charge on any atom is -0.392 e. The number of unbranched alkanes of at least 4 members (excludes halogenated alkanes) is 7. The maximum atomic E-state index is 9.04. The summed E-state index contributed by atoms with van der Waals surface area (Å²) in [5.41, 5.74) is 2.41. The van der Waals surface area contributed by atoms with Gasteiger partial charge in [-0.05, 0) is 23.5 Å². The van der Waals surface area contributed by atoms with Crippen molar-refractivity contribution in [2.24, 2.45) is 0 Å². The Hall–Kier alpha value is -0.820. The van der Waals surface area contributed by atoms with E-state index < -0.39 is 0 Å². The summed E-state index contributed by atoms with van der Waals surface area (Å²) in [6, 6.07) is 8.42. The minimum atomic E-state index is 0.146. The third-order valence-corrected chi connectivity index (χ3v) is 4.22. The summed E-state index contributed by atoms with van der Waals surface area (Å²) in [6.07, 6.45) is 12.4. The molecule has 0 saturated carbocycles. The predicted octanol–water partition coefficient (Wildman–Crippen LogP) is 5.81. The van der Waals surface area contributed by atoms with Crippen molar-refractivity contribution in [3.63, 3.8) is 0 Å². The highest BCUT2D eigenvalue weighted by Crippen LogP contribution is 2.22. The molecule has 0 heterocycles. The van der Waals surface area contributed by atoms with Crippen molar-refractivity contribution in [3.05, 3.63) is 35.4 Å². The van der Waals surface area contributed by atoms with Crippen LogP contribution in [0.3, 0.4) is 0 Å². The molecule has 114 valence electrons. The lowest BCUT2D eigenvalue weighted by Gasteiger charge is -2.12. The quantitative estimate of drug-likeness (QED) is 0.505. The largest absolute Gasteiger partial charge is 0.392 e. The lowest BCUT2D eigenvalue weighted by molar-refractivity contribution is 0.282. The molecule has 1 nitrogen and oxygen atoms in total. The molecule has 1 aromatic carbocycles. The topological polar surface area (TPSA) is 20.2 Å². The maximum absolute atomic E-state index is 9.04. The maximum Gasteiger partial charge on any atom is 0.0681 e. The van der Waals surface area contributed by atoms with Crippen molar-refractivity contribution in [1.29, 1.82) is 0 Å². The molecule has 1 heteroatoms. The van der Waals surface area contributed by atoms with E-state index in [1.807, 2.05) is 12.1 Å². The van der Waals surface area contributed by atoms with Gasteiger partial charge in [0.25, 0.3) is 0 Å². The fraction of sp³-hybridized carbons (Fsp3) is 0.684. The first-order valence-corrected chi connectivity index (χ1v) is 8.47. The second kappa shape index (κ2) is 10.9. The highest BCUT2D eigenvalue weighted by atomic mass is 16.3. The smallest absolute Gasteiger partial charge is 0.0681 e. The van der Waals surface area contributed by atoms with Crippen molar-refractivity contribution in [1.82, 2.24) is 0 Å². The summed E-state index contributed by atoms with van der Waals surface area (Å²) in [5, 5.41) is 9.04. The third kappa shape index (κ3) is 7.09. The van der Waals surface area contributed by atoms with Gasteiger partial charge in [0.15, 0.2) is 0 Å². The molecule has 1 unspecified atom stereocenters. The van der Waals surface area contributed by atoms with E-state index in [4.69, 9.17) is 5.11 Å². The van der Waals surface area contributed by atoms with Crippen LogP contribution in [0, 0.1) is 0 Å². The van der Waals surface area contributed by atoms with Crippen LogP contribution in [0.25, 0.3) is 0 Å². The number of rotatable bonds is 11. The molecule has 1 atom stereocenters. The van der Waals surface area contributed by atoms with Crippen LogP contribution in [0.2, 0.25) is 0 Å². The van der Waals surface area contributed by atoms with Crippen LogP contribution in [0.5, 0.6) is 0 Å². The lowest BCUT2D eigenvalue weighted by Crippen LogP contribution is -1.94. The van der Waals surface area contributed by atoms with Gasteiger partial charge in [0, 0.05) is 0 Å². The molecule has 0 radical (unpaired) electrons. The van der Waals surface area contributed by atoms with E-state index in [0.29, 0.717) is 5.92 Å². The Kier molecular flexibility index (Phi) is 9.40. The van der Waals surface area contributed by atoms with Gasteiger partial charge in [0.2, 0.25) is 0 Å². The van der Waals surface area contributed by atoms with Gasteiger partial charge in [0.05, 0.1) is 6.61 Å². The first-order valence-electron chi connectivity index (χ1n) is 8.47. The Balaban J connectivity index is 2.08. The van der Waals surface area contributed by atoms with Crippen molar-refractivity contribution < 1.29 is 5.11 Å². The van der Waals surface area contributed by atoms with Crippen molar-refractivity contribution in [2.45, 2.75) is 84.2 Å². The van der Waals surface area contributed by atoms with Gasteiger partial charge in [-0.3, -0.25) is 0 Å². The van der Waals surface area contributed by atoms with E-state index in [2.05, 4.69) is 26.0 Å². The van der Waals surface area contributed by atoms with E-state index in [9.17, 15) is 0 Å². The number of hydrogen-bond donors (Lipinski definition) is 1. The Bertz CT molecular complexity index is 328. The Morgan fingerprint density at radius 3 is 1.95 bits per heavy atom. The molecule has 0 fully saturated rings. The van der Waals surface area contributed by atoms with Gasteiger partial charge in [0.1, 0.15) is 0 Å². The van der Waals surface area contributed by atoms with Crippen LogP contribution in [-0.2, 0) is 6.61 Å². The SMILES string of the molecule is CCCCCCCCCCC(C)c1ccc(CO)cc1. The number of aliphatic hydroxyl groups is 1. The first-order chi connectivity index (χ1) is 9.77. The third-order valence-electron chi connectivity index (χ3n) is 4.22. The van der Waals surface area contributed by atoms with E-state index in [1.165, 1.54) is 63.4 Å². The standard InChI is InChI=1S/C19H32O/c1-3-4-5-6-7-8-9-10-11-17(2)19-14-12-18(16-20)13-15-19/h12-15,17,20H,3-11,16H2,1-2H3. The zero-order valence-electron chi connectivity index (χ0n) is 13.4. The van der Waals surface area contributed by atoms with E-state index in [1.54, 1.807) is 0 Å². The summed E-state index contributed by atoms with van der Waals surface area (Å²) < 4.78 is 0. The fourth-order valence-electron chi connectivity index (χ4n) is 2.70. The second-order valence-electron chi connectivity index (χ2n) is 6.06. The van der Waals surface area contributed by atoms with Gasteiger partial charge in [-0.1, -0.05) is 89.5 Å². The minimum absolute atomic E-state index is 0.146. The molecule has 1 N–H and O–H groups in total. The number of hydrogen-bond acceptors (Lipinski definition) is 1. The lowest BCUT2D eigenvalue weighted by atomic mass is 9.94. The van der Waals surface area contributed by atoms with Crippen LogP contribution < -0.4 is 0 Å². The second-order valence-corrected chi connectivity index (χ2v) is 6.06. The normalized spacial score (nSPS) is 12.6. The van der Waals surface area contributed by atoms with Crippen molar-refractivity contribution in [3.8, 4) is 0 Å². The zero-order valence-corrected chi connectivity index (χ0v) is 13.4. The molecule has 0 aliphatic carbocycles. The van der Waals surface area contributed by atoms with Gasteiger partial charge < -0.3 is 5.11 Å². The molecule has 0 spiro atoms. The molecule has 0 bridgehead atoms. The molecular weight excluding hydrogens is 244 g/mol. The molecule has 0 amide bonds. The van der Waals surface area contributed by atoms with Crippen LogP contribution in [0.4, 0.5) is 0 Å². The molecule has 0 aliphatic rings. The summed E-state index contributed by atoms with van der Waals surface area (Å²) >= 11 is 0. The summed E-state index contributed by atoms with van der Waals surface area (Å²) in [6.45, 7) is 4.73. The van der Waals surface area contributed by atoms with Crippen LogP contribution >= 0.6 is 0 Å². The summed E-state index contributed by atoms with van der Waals surface area (Å²) in [7, 11) is 0. The zero-order chi connectivity index (χ0) is 14.6. The highest BCUT2D eigenvalue weighted by Gasteiger charge is 2.05. The van der Waals surface area contributed by atoms with Crippen LogP contribution in [0.15, 0.2) is 24.3 Å². The van der Waals surface area contributed by atoms with Crippen LogP contribution in [0.1, 0.15) is 88.7 Å². The summed E-state index contributed by atoms with van der Waals surface area (Å²) in [4.78, 5) is 0. The van der Waals surface area contributed by atoms with E-state index in [-0.39, 0.29) is 6.61 Å². The van der Waals surface area contributed by atoms with Crippen molar-refractivity contribution in [2.75, 3.05) is 0 Å². The van der Waals surface area contributed by atoms with E-state index >= 15 is 0 Å². The van der Waals surface area contributed by atoms with E-state index in [0.717, 1.165) is 5.56 Å². The molecular formula is C19H32O. The molecule has 1 aromatic rings. The number of aliphatic hydroxyl groups excluding tert-OH is 1. The highest BCUT2D eigenvalue weighted by molar-refractivity contribution is 5.24. The van der Waals surface area contributed by atoms with Gasteiger partial charge in [-0.15, -0.1) is 0 Å². The predicted molar refractivity (Wildman–Crippen MR) is 88.0 cm³/mol. The molecule has 0 aliphatic heterocycles. The fourth-order valence-corrected chi connectivity index (χ4v) is 2.70.